The number of esters is 1. The molecule has 0 aromatic heterocycles. The molecule has 7 nitrogen and oxygen atoms in total. The van der Waals surface area contributed by atoms with Crippen LogP contribution in [0.4, 0.5) is 0 Å². The van der Waals surface area contributed by atoms with Crippen LogP contribution in [0, 0.1) is 11.3 Å². The summed E-state index contributed by atoms with van der Waals surface area (Å²) in [4.78, 5) is 31.7. The molecule has 0 radical (unpaired) electrons. The summed E-state index contributed by atoms with van der Waals surface area (Å²) in [5.41, 5.74) is 2.66. The quantitative estimate of drug-likeness (QED) is 0.537. The van der Waals surface area contributed by atoms with Gasteiger partial charge in [0.05, 0.1) is 6.10 Å². The molecule has 1 aliphatic carbocycles. The lowest BCUT2D eigenvalue weighted by Crippen LogP contribution is -2.40. The predicted molar refractivity (Wildman–Crippen MR) is 125 cm³/mol. The van der Waals surface area contributed by atoms with Crippen LogP contribution in [0.3, 0.4) is 0 Å². The fraction of sp³-hybridized carbons (Fsp3) is 0.560. The van der Waals surface area contributed by atoms with Crippen molar-refractivity contribution in [1.82, 2.24) is 0 Å². The minimum atomic E-state index is -0.702. The smallest absolute Gasteiger partial charge is 0.315 e. The van der Waals surface area contributed by atoms with Crippen LogP contribution in [0.1, 0.15) is 57.9 Å². The van der Waals surface area contributed by atoms with E-state index in [0.717, 1.165) is 28.6 Å². The fourth-order valence-corrected chi connectivity index (χ4v) is 5.87. The number of rotatable bonds is 4. The maximum atomic E-state index is 13.4. The number of ether oxygens (including phenoxy) is 4. The Balaban J connectivity index is 1.57. The number of nitrogens with zero attached hydrogens (tertiary/aromatic N) is 1. The zero-order chi connectivity index (χ0) is 23.3. The number of hydrogen-bond acceptors (Lipinski definition) is 7. The third-order valence-corrected chi connectivity index (χ3v) is 7.51. The number of aliphatic imine (C=N–C) groups is 1. The Bertz CT molecular complexity index is 1070. The molecule has 33 heavy (non-hydrogen) atoms. The molecule has 3 aliphatic heterocycles. The highest BCUT2D eigenvalue weighted by Gasteiger charge is 2.47. The second-order valence-electron chi connectivity index (χ2n) is 10.0. The van der Waals surface area contributed by atoms with Crippen LogP contribution in [0.15, 0.2) is 32.9 Å². The molecule has 176 valence electrons. The lowest BCUT2D eigenvalue weighted by molar-refractivity contribution is -0.149. The molecule has 1 saturated heterocycles. The van der Waals surface area contributed by atoms with Gasteiger partial charge >= 0.3 is 5.97 Å². The molecule has 0 bridgehead atoms. The Kier molecular flexibility index (Phi) is 5.85. The van der Waals surface area contributed by atoms with Gasteiger partial charge in [-0.1, -0.05) is 29.8 Å². The van der Waals surface area contributed by atoms with E-state index in [0.29, 0.717) is 42.2 Å². The second kappa shape index (κ2) is 8.55. The minimum Gasteiger partial charge on any atom is -0.462 e. The summed E-state index contributed by atoms with van der Waals surface area (Å²) in [6.45, 7) is 7.05. The van der Waals surface area contributed by atoms with Gasteiger partial charge in [-0.25, -0.2) is 0 Å². The van der Waals surface area contributed by atoms with E-state index in [1.165, 1.54) is 0 Å². The van der Waals surface area contributed by atoms with Crippen LogP contribution >= 0.6 is 15.9 Å². The molecule has 1 aromatic carbocycles. The number of hydrogen-bond donors (Lipinski definition) is 0. The van der Waals surface area contributed by atoms with Crippen molar-refractivity contribution in [2.75, 3.05) is 20.0 Å². The van der Waals surface area contributed by atoms with Crippen molar-refractivity contribution in [2.45, 2.75) is 58.5 Å². The van der Waals surface area contributed by atoms with E-state index >= 15 is 0 Å². The SMILES string of the molecule is CC1=NC2=C(C(=O)CC(C)(C)C2)[C@H](c2cc3c(cc2Br)OCO3)C1C(=O)OC[C@H]1CCCO1. The van der Waals surface area contributed by atoms with Gasteiger partial charge in [-0.2, -0.15) is 0 Å². The van der Waals surface area contributed by atoms with Crippen LogP contribution in [0.25, 0.3) is 0 Å². The number of allylic oxidation sites excluding steroid dienone is 2. The standard InChI is InChI=1S/C25H28BrNO6/c1-13-21(24(29)31-11-14-5-4-6-30-14)22(15-7-19-20(8-16(15)26)33-12-32-19)23-17(27-13)9-25(2,3)10-18(23)28/h7-8,14,21-22H,4-6,9-12H2,1-3H3/t14-,21?,22-/m1/s1. The van der Waals surface area contributed by atoms with Crippen LogP contribution in [0.2, 0.25) is 0 Å². The first kappa shape index (κ1) is 22.6. The lowest BCUT2D eigenvalue weighted by atomic mass is 9.67. The molecule has 0 amide bonds. The highest BCUT2D eigenvalue weighted by atomic mass is 79.9. The average Bonchev–Trinajstić information content (AvgIpc) is 3.41. The maximum absolute atomic E-state index is 13.4. The van der Waals surface area contributed by atoms with Crippen molar-refractivity contribution in [3.63, 3.8) is 0 Å². The number of carbonyl (C=O) groups excluding carboxylic acids is 2. The van der Waals surface area contributed by atoms with Crippen molar-refractivity contribution >= 4 is 33.4 Å². The molecule has 1 fully saturated rings. The third kappa shape index (κ3) is 4.23. The van der Waals surface area contributed by atoms with E-state index in [4.69, 9.17) is 23.9 Å². The minimum absolute atomic E-state index is 0.0315. The van der Waals surface area contributed by atoms with Gasteiger partial charge in [0.1, 0.15) is 12.5 Å². The van der Waals surface area contributed by atoms with E-state index in [1.54, 1.807) is 0 Å². The van der Waals surface area contributed by atoms with Gasteiger partial charge in [-0.15, -0.1) is 0 Å². The van der Waals surface area contributed by atoms with Gasteiger partial charge in [0, 0.05) is 40.4 Å². The molecule has 3 atom stereocenters. The van der Waals surface area contributed by atoms with Gasteiger partial charge in [0.15, 0.2) is 17.3 Å². The molecule has 0 N–H and O–H groups in total. The summed E-state index contributed by atoms with van der Waals surface area (Å²) in [5.74, 6) is -0.330. The first-order chi connectivity index (χ1) is 15.7. The lowest BCUT2D eigenvalue weighted by Gasteiger charge is -2.39. The Labute approximate surface area is 201 Å². The molecular weight excluding hydrogens is 490 g/mol. The summed E-state index contributed by atoms with van der Waals surface area (Å²) < 4.78 is 23.2. The molecule has 4 aliphatic rings. The van der Waals surface area contributed by atoms with Gasteiger partial charge in [-0.05, 0) is 49.3 Å². The van der Waals surface area contributed by atoms with Crippen molar-refractivity contribution in [2.24, 2.45) is 16.3 Å². The Morgan fingerprint density at radius 1 is 1.24 bits per heavy atom. The van der Waals surface area contributed by atoms with Gasteiger partial charge in [-0.3, -0.25) is 14.6 Å². The summed E-state index contributed by atoms with van der Waals surface area (Å²) in [6.07, 6.45) is 2.88. The molecule has 8 heteroatoms. The number of Topliss-reactive ketones (excluding diaryl/α,β-unsaturated/α-hetero) is 1. The van der Waals surface area contributed by atoms with E-state index in [9.17, 15) is 9.59 Å². The maximum Gasteiger partial charge on any atom is 0.315 e. The largest absolute Gasteiger partial charge is 0.462 e. The topological polar surface area (TPSA) is 83.4 Å². The summed E-state index contributed by atoms with van der Waals surface area (Å²) in [5, 5.41) is 0. The molecule has 1 unspecified atom stereocenters. The average molecular weight is 518 g/mol. The second-order valence-corrected chi connectivity index (χ2v) is 10.9. The van der Waals surface area contributed by atoms with Gasteiger partial charge in [0.2, 0.25) is 6.79 Å². The zero-order valence-electron chi connectivity index (χ0n) is 19.1. The Morgan fingerprint density at radius 3 is 2.73 bits per heavy atom. The van der Waals surface area contributed by atoms with Crippen LogP contribution in [-0.4, -0.2) is 43.6 Å². The van der Waals surface area contributed by atoms with E-state index in [2.05, 4.69) is 29.8 Å². The molecular formula is C25H28BrNO6. The van der Waals surface area contributed by atoms with Crippen molar-refractivity contribution in [3.8, 4) is 11.5 Å². The number of carbonyl (C=O) groups is 2. The molecule has 3 heterocycles. The van der Waals surface area contributed by atoms with E-state index in [1.807, 2.05) is 19.1 Å². The van der Waals surface area contributed by atoms with Crippen LogP contribution in [0.5, 0.6) is 11.5 Å². The highest BCUT2D eigenvalue weighted by Crippen LogP contribution is 2.51. The molecule has 0 saturated carbocycles. The van der Waals surface area contributed by atoms with E-state index in [-0.39, 0.29) is 36.7 Å². The Hall–Kier alpha value is -2.19. The summed E-state index contributed by atoms with van der Waals surface area (Å²) in [6, 6.07) is 3.71. The highest BCUT2D eigenvalue weighted by molar-refractivity contribution is 9.10. The Morgan fingerprint density at radius 2 is 2.00 bits per heavy atom. The third-order valence-electron chi connectivity index (χ3n) is 6.82. The van der Waals surface area contributed by atoms with Crippen molar-refractivity contribution in [1.29, 1.82) is 0 Å². The molecule has 1 aromatic rings. The van der Waals surface area contributed by atoms with Crippen molar-refractivity contribution < 1.29 is 28.5 Å². The van der Waals surface area contributed by atoms with Gasteiger partial charge in [0.25, 0.3) is 0 Å². The number of fused-ring (bicyclic) bond motifs is 1. The predicted octanol–water partition coefficient (Wildman–Crippen LogP) is 4.72. The summed E-state index contributed by atoms with van der Waals surface area (Å²) in [7, 11) is 0. The monoisotopic (exact) mass is 517 g/mol. The number of benzene rings is 1. The summed E-state index contributed by atoms with van der Waals surface area (Å²) >= 11 is 3.65. The molecule has 5 rings (SSSR count). The number of halogens is 1. The number of ketones is 1. The first-order valence-corrected chi connectivity index (χ1v) is 12.2. The van der Waals surface area contributed by atoms with Crippen molar-refractivity contribution in [3.05, 3.63) is 33.4 Å². The van der Waals surface area contributed by atoms with E-state index < -0.39 is 11.8 Å². The van der Waals surface area contributed by atoms with Crippen LogP contribution in [-0.2, 0) is 19.1 Å². The fourth-order valence-electron chi connectivity index (χ4n) is 5.30. The van der Waals surface area contributed by atoms with Crippen LogP contribution < -0.4 is 9.47 Å². The van der Waals surface area contributed by atoms with Gasteiger partial charge < -0.3 is 18.9 Å². The first-order valence-electron chi connectivity index (χ1n) is 11.4. The zero-order valence-corrected chi connectivity index (χ0v) is 20.7. The normalized spacial score (nSPS) is 27.9. The molecule has 0 spiro atoms.